The van der Waals surface area contributed by atoms with Gasteiger partial charge in [-0.05, 0) is 0 Å². The maximum absolute atomic E-state index is 12.5. The van der Waals surface area contributed by atoms with E-state index in [1.165, 1.54) is 30.3 Å². The fraction of sp³-hybridized carbons (Fsp3) is 0.538. The quantitative estimate of drug-likeness (QED) is 0.811. The highest BCUT2D eigenvalue weighted by molar-refractivity contribution is 7.89. The Balaban J connectivity index is 1.73. The summed E-state index contributed by atoms with van der Waals surface area (Å²) >= 11 is 1.43. The van der Waals surface area contributed by atoms with Crippen LogP contribution in [-0.2, 0) is 10.0 Å². The van der Waals surface area contributed by atoms with Crippen LogP contribution in [0.5, 0.6) is 0 Å². The van der Waals surface area contributed by atoms with Gasteiger partial charge in [0.25, 0.3) is 5.91 Å². The molecule has 0 unspecified atom stereocenters. The van der Waals surface area contributed by atoms with Crippen LogP contribution in [0.25, 0.3) is 4.96 Å². The van der Waals surface area contributed by atoms with Crippen molar-refractivity contribution in [3.8, 4) is 0 Å². The predicted molar refractivity (Wildman–Crippen MR) is 85.9 cm³/mol. The van der Waals surface area contributed by atoms with Crippen molar-refractivity contribution in [2.45, 2.75) is 6.10 Å². The molecular weight excluding hydrogens is 340 g/mol. The molecule has 8 nitrogen and oxygen atoms in total. The monoisotopic (exact) mass is 358 g/mol. The van der Waals surface area contributed by atoms with Gasteiger partial charge < -0.3 is 10.0 Å². The van der Waals surface area contributed by atoms with Crippen LogP contribution >= 0.6 is 11.3 Å². The molecule has 0 saturated carbocycles. The highest BCUT2D eigenvalue weighted by Crippen LogP contribution is 2.22. The Hall–Kier alpha value is -1.49. The molecule has 10 heteroatoms. The summed E-state index contributed by atoms with van der Waals surface area (Å²) in [6.07, 6.45) is 2.61. The summed E-state index contributed by atoms with van der Waals surface area (Å²) < 4.78 is 26.8. The zero-order chi connectivity index (χ0) is 16.8. The van der Waals surface area contributed by atoms with E-state index in [2.05, 4.69) is 4.98 Å². The minimum absolute atomic E-state index is 0.123. The lowest BCUT2D eigenvalue weighted by Crippen LogP contribution is -2.33. The number of β-amino-alcohol motifs (C(OH)–C–C–N with tert-alkyl or cyclic N) is 1. The van der Waals surface area contributed by atoms with E-state index in [-0.39, 0.29) is 24.7 Å². The zero-order valence-corrected chi connectivity index (χ0v) is 14.4. The van der Waals surface area contributed by atoms with Crippen LogP contribution in [0.15, 0.2) is 17.8 Å². The summed E-state index contributed by atoms with van der Waals surface area (Å²) in [7, 11) is -0.511. The molecule has 0 spiro atoms. The summed E-state index contributed by atoms with van der Waals surface area (Å²) in [5.74, 6) is -0.955. The van der Waals surface area contributed by atoms with Gasteiger partial charge in [-0.3, -0.25) is 9.20 Å². The third kappa shape index (κ3) is 3.11. The Morgan fingerprint density at radius 2 is 2.22 bits per heavy atom. The normalized spacial score (nSPS) is 22.3. The summed E-state index contributed by atoms with van der Waals surface area (Å²) in [6.45, 7) is 0.329. The van der Waals surface area contributed by atoms with Gasteiger partial charge in [-0.25, -0.2) is 17.7 Å². The Morgan fingerprint density at radius 1 is 1.48 bits per heavy atom. The molecule has 1 aliphatic rings. The molecule has 1 fully saturated rings. The van der Waals surface area contributed by atoms with Gasteiger partial charge in [-0.1, -0.05) is 0 Å². The minimum Gasteiger partial charge on any atom is -0.391 e. The van der Waals surface area contributed by atoms with E-state index in [0.717, 1.165) is 9.27 Å². The molecule has 1 saturated heterocycles. The number of carbonyl (C=O) groups excluding carboxylic acids is 1. The van der Waals surface area contributed by atoms with Crippen molar-refractivity contribution in [3.05, 3.63) is 23.5 Å². The first-order chi connectivity index (χ1) is 10.8. The van der Waals surface area contributed by atoms with Crippen LogP contribution in [0, 0.1) is 5.92 Å². The average molecular weight is 358 g/mol. The lowest BCUT2D eigenvalue weighted by Gasteiger charge is -2.17. The smallest absolute Gasteiger partial charge is 0.274 e. The standard InChI is InChI=1S/C13H18N4O4S2/c1-15(2)23(20,21)8-9-5-17(7-11(9)18)12(19)10-6-16-3-4-22-13(16)14-10/h3-4,6,9,11,18H,5,7-8H2,1-2H3/t9-,11+/m0/s1. The molecule has 126 valence electrons. The summed E-state index contributed by atoms with van der Waals surface area (Å²) in [5, 5.41) is 12.0. The van der Waals surface area contributed by atoms with Gasteiger partial charge in [0.2, 0.25) is 10.0 Å². The van der Waals surface area contributed by atoms with E-state index in [1.54, 1.807) is 10.6 Å². The van der Waals surface area contributed by atoms with Crippen molar-refractivity contribution >= 4 is 32.2 Å². The molecule has 0 aliphatic carbocycles. The molecule has 0 aromatic carbocycles. The van der Waals surface area contributed by atoms with Gasteiger partial charge in [-0.15, -0.1) is 11.3 Å². The minimum atomic E-state index is -3.42. The van der Waals surface area contributed by atoms with E-state index in [9.17, 15) is 18.3 Å². The van der Waals surface area contributed by atoms with Gasteiger partial charge in [0, 0.05) is 50.9 Å². The van der Waals surface area contributed by atoms with E-state index in [4.69, 9.17) is 0 Å². The molecule has 1 N–H and O–H groups in total. The molecular formula is C13H18N4O4S2. The van der Waals surface area contributed by atoms with Crippen LogP contribution < -0.4 is 0 Å². The maximum atomic E-state index is 12.5. The van der Waals surface area contributed by atoms with Crippen LogP contribution in [0.4, 0.5) is 0 Å². The van der Waals surface area contributed by atoms with Crippen LogP contribution in [-0.4, -0.2) is 77.1 Å². The summed E-state index contributed by atoms with van der Waals surface area (Å²) in [4.78, 5) is 18.9. The maximum Gasteiger partial charge on any atom is 0.274 e. The number of hydrogen-bond donors (Lipinski definition) is 1. The van der Waals surface area contributed by atoms with E-state index in [0.29, 0.717) is 5.69 Å². The number of amides is 1. The van der Waals surface area contributed by atoms with Crippen molar-refractivity contribution in [3.63, 3.8) is 0 Å². The highest BCUT2D eigenvalue weighted by Gasteiger charge is 2.38. The average Bonchev–Trinajstić information content (AvgIpc) is 3.12. The van der Waals surface area contributed by atoms with Crippen LogP contribution in [0.1, 0.15) is 10.5 Å². The Labute approximate surface area is 138 Å². The molecule has 1 amide bonds. The van der Waals surface area contributed by atoms with Gasteiger partial charge >= 0.3 is 0 Å². The van der Waals surface area contributed by atoms with Crippen molar-refractivity contribution in [2.24, 2.45) is 5.92 Å². The molecule has 23 heavy (non-hydrogen) atoms. The highest BCUT2D eigenvalue weighted by atomic mass is 32.2. The van der Waals surface area contributed by atoms with Gasteiger partial charge in [0.05, 0.1) is 11.9 Å². The molecule has 2 aromatic rings. The SMILES string of the molecule is CN(C)S(=O)(=O)C[C@@H]1CN(C(=O)c2cn3ccsc3n2)C[C@H]1O. The number of imidazole rings is 1. The van der Waals surface area contributed by atoms with E-state index >= 15 is 0 Å². The fourth-order valence-electron chi connectivity index (χ4n) is 2.60. The second-order valence-corrected chi connectivity index (χ2v) is 8.92. The number of hydrogen-bond acceptors (Lipinski definition) is 6. The number of fused-ring (bicyclic) bond motifs is 1. The second-order valence-electron chi connectivity index (χ2n) is 5.82. The third-order valence-electron chi connectivity index (χ3n) is 3.99. The van der Waals surface area contributed by atoms with Crippen molar-refractivity contribution in [2.75, 3.05) is 32.9 Å². The molecule has 2 aromatic heterocycles. The number of nitrogens with zero attached hydrogens (tertiary/aromatic N) is 4. The Morgan fingerprint density at radius 3 is 2.87 bits per heavy atom. The van der Waals surface area contributed by atoms with E-state index < -0.39 is 22.0 Å². The lowest BCUT2D eigenvalue weighted by molar-refractivity contribution is 0.0759. The number of sulfonamides is 1. The fourth-order valence-corrected chi connectivity index (χ4v) is 4.46. The molecule has 3 heterocycles. The van der Waals surface area contributed by atoms with Crippen LogP contribution in [0.2, 0.25) is 0 Å². The number of aromatic nitrogens is 2. The largest absolute Gasteiger partial charge is 0.391 e. The van der Waals surface area contributed by atoms with Gasteiger partial charge in [0.1, 0.15) is 5.69 Å². The van der Waals surface area contributed by atoms with Crippen molar-refractivity contribution in [1.82, 2.24) is 18.6 Å². The van der Waals surface area contributed by atoms with Crippen molar-refractivity contribution < 1.29 is 18.3 Å². The lowest BCUT2D eigenvalue weighted by atomic mass is 10.1. The Kier molecular flexibility index (Phi) is 4.17. The Bertz CT molecular complexity index is 798. The van der Waals surface area contributed by atoms with Gasteiger partial charge in [0.15, 0.2) is 4.96 Å². The number of rotatable bonds is 4. The first kappa shape index (κ1) is 16.4. The second kappa shape index (κ2) is 5.86. The number of thiazole rings is 1. The number of likely N-dealkylation sites (tertiary alicyclic amines) is 1. The molecule has 1 aliphatic heterocycles. The van der Waals surface area contributed by atoms with Crippen molar-refractivity contribution in [1.29, 1.82) is 0 Å². The van der Waals surface area contributed by atoms with Crippen LogP contribution in [0.3, 0.4) is 0 Å². The summed E-state index contributed by atoms with van der Waals surface area (Å²) in [6, 6.07) is 0. The number of carbonyl (C=O) groups is 1. The zero-order valence-electron chi connectivity index (χ0n) is 12.8. The molecule has 3 rings (SSSR count). The first-order valence-corrected chi connectivity index (χ1v) is 9.56. The molecule has 0 radical (unpaired) electrons. The first-order valence-electron chi connectivity index (χ1n) is 7.07. The number of aliphatic hydroxyl groups is 1. The topological polar surface area (TPSA) is 95.2 Å². The van der Waals surface area contributed by atoms with E-state index in [1.807, 2.05) is 11.6 Å². The predicted octanol–water partition coefficient (Wildman–Crippen LogP) is -0.280. The third-order valence-corrected chi connectivity index (χ3v) is 6.72. The molecule has 2 atom stereocenters. The summed E-state index contributed by atoms with van der Waals surface area (Å²) in [5.41, 5.74) is 0.306. The molecule has 0 bridgehead atoms. The van der Waals surface area contributed by atoms with Gasteiger partial charge in [-0.2, -0.15) is 0 Å². The number of aliphatic hydroxyl groups excluding tert-OH is 1.